The van der Waals surface area contributed by atoms with Crippen molar-refractivity contribution in [2.45, 2.75) is 13.5 Å². The summed E-state index contributed by atoms with van der Waals surface area (Å²) in [6, 6.07) is 17.5. The maximum absolute atomic E-state index is 12.7. The number of benzene rings is 2. The highest BCUT2D eigenvalue weighted by atomic mass is 16.4. The third-order valence-electron chi connectivity index (χ3n) is 4.18. The van der Waals surface area contributed by atoms with E-state index in [0.717, 1.165) is 11.1 Å². The van der Waals surface area contributed by atoms with Gasteiger partial charge >= 0.3 is 0 Å². The van der Waals surface area contributed by atoms with Crippen molar-refractivity contribution in [2.24, 2.45) is 0 Å². The quantitative estimate of drug-likeness (QED) is 0.709. The smallest absolute Gasteiger partial charge is 0.293 e. The Morgan fingerprint density at radius 2 is 1.77 bits per heavy atom. The van der Waals surface area contributed by atoms with Crippen LogP contribution in [-0.4, -0.2) is 23.8 Å². The van der Waals surface area contributed by atoms with E-state index in [0.29, 0.717) is 17.0 Å². The monoisotopic (exact) mass is 349 g/mol. The maximum Gasteiger partial charge on any atom is 0.293 e. The number of nitrogens with zero attached hydrogens (tertiary/aromatic N) is 1. The fourth-order valence-electron chi connectivity index (χ4n) is 2.62. The maximum atomic E-state index is 12.7. The average molecular weight is 349 g/mol. The van der Waals surface area contributed by atoms with Crippen LogP contribution >= 0.6 is 0 Å². The molecule has 1 N–H and O–H groups in total. The van der Waals surface area contributed by atoms with E-state index in [2.05, 4.69) is 0 Å². The van der Waals surface area contributed by atoms with Crippen LogP contribution in [0.4, 0.5) is 5.69 Å². The predicted molar refractivity (Wildman–Crippen MR) is 99.2 cm³/mol. The molecule has 0 bridgehead atoms. The molecule has 3 rings (SSSR count). The van der Waals surface area contributed by atoms with Crippen molar-refractivity contribution in [1.82, 2.24) is 0 Å². The molecule has 3 aromatic rings. The zero-order chi connectivity index (χ0) is 18.7. The fourth-order valence-corrected chi connectivity index (χ4v) is 2.62. The number of Topliss-reactive ketones (excluding diaryl/α,β-unsaturated/α-hetero) is 1. The summed E-state index contributed by atoms with van der Waals surface area (Å²) in [4.78, 5) is 25.5. The number of aliphatic hydroxyl groups excluding tert-OH is 1. The molecule has 0 aliphatic rings. The number of furan rings is 1. The van der Waals surface area contributed by atoms with E-state index in [4.69, 9.17) is 4.42 Å². The van der Waals surface area contributed by atoms with E-state index >= 15 is 0 Å². The largest absolute Gasteiger partial charge is 0.451 e. The van der Waals surface area contributed by atoms with Crippen LogP contribution in [0, 0.1) is 0 Å². The zero-order valence-corrected chi connectivity index (χ0v) is 14.6. The van der Waals surface area contributed by atoms with Crippen LogP contribution < -0.4 is 4.90 Å². The Labute approximate surface area is 151 Å². The topological polar surface area (TPSA) is 70.8 Å². The van der Waals surface area contributed by atoms with Gasteiger partial charge in [0.25, 0.3) is 5.91 Å². The first-order valence-corrected chi connectivity index (χ1v) is 8.18. The SMILES string of the molecule is CC(=O)c1ccc(-c2ccc(C(=O)N(C)c3cccc(CO)c3)o2)cc1. The molecule has 132 valence electrons. The predicted octanol–water partition coefficient (Wildman–Crippen LogP) is 3.92. The lowest BCUT2D eigenvalue weighted by molar-refractivity contribution is 0.0966. The molecule has 5 nitrogen and oxygen atoms in total. The van der Waals surface area contributed by atoms with Gasteiger partial charge in [-0.25, -0.2) is 0 Å². The Bertz CT molecular complexity index is 941. The highest BCUT2D eigenvalue weighted by Gasteiger charge is 2.18. The Kier molecular flexibility index (Phi) is 5.00. The fraction of sp³-hybridized carbons (Fsp3) is 0.143. The normalized spacial score (nSPS) is 10.6. The summed E-state index contributed by atoms with van der Waals surface area (Å²) in [7, 11) is 1.66. The standard InChI is InChI=1S/C21H19NO4/c1-14(24)16-6-8-17(9-7-16)19-10-11-20(26-19)21(25)22(2)18-5-3-4-15(12-18)13-23/h3-12,23H,13H2,1-2H3. The Hall–Kier alpha value is -3.18. The molecular formula is C21H19NO4. The second kappa shape index (κ2) is 7.37. The number of ketones is 1. The molecule has 1 heterocycles. The van der Waals surface area contributed by atoms with Gasteiger partial charge in [-0.05, 0) is 36.8 Å². The van der Waals surface area contributed by atoms with Gasteiger partial charge in [-0.3, -0.25) is 9.59 Å². The van der Waals surface area contributed by atoms with Crippen LogP contribution in [-0.2, 0) is 6.61 Å². The van der Waals surface area contributed by atoms with Crippen molar-refractivity contribution in [1.29, 1.82) is 0 Å². The Morgan fingerprint density at radius 3 is 2.42 bits per heavy atom. The van der Waals surface area contributed by atoms with Crippen molar-refractivity contribution in [2.75, 3.05) is 11.9 Å². The van der Waals surface area contributed by atoms with E-state index in [-0.39, 0.29) is 24.1 Å². The Morgan fingerprint density at radius 1 is 1.04 bits per heavy atom. The van der Waals surface area contributed by atoms with E-state index in [1.54, 1.807) is 67.7 Å². The van der Waals surface area contributed by atoms with Gasteiger partial charge in [0.1, 0.15) is 5.76 Å². The number of aliphatic hydroxyl groups is 1. The summed E-state index contributed by atoms with van der Waals surface area (Å²) < 4.78 is 5.71. The van der Waals surface area contributed by atoms with Crippen molar-refractivity contribution in [3.63, 3.8) is 0 Å². The van der Waals surface area contributed by atoms with Crippen molar-refractivity contribution in [3.05, 3.63) is 77.6 Å². The second-order valence-electron chi connectivity index (χ2n) is 5.99. The van der Waals surface area contributed by atoms with E-state index < -0.39 is 0 Å². The van der Waals surface area contributed by atoms with Crippen LogP contribution in [0.5, 0.6) is 0 Å². The van der Waals surface area contributed by atoms with E-state index in [1.165, 1.54) is 11.8 Å². The molecule has 1 amide bonds. The molecule has 0 saturated heterocycles. The number of rotatable bonds is 5. The average Bonchev–Trinajstić information content (AvgIpc) is 3.17. The van der Waals surface area contributed by atoms with Gasteiger partial charge in [-0.2, -0.15) is 0 Å². The highest BCUT2D eigenvalue weighted by molar-refractivity contribution is 6.04. The van der Waals surface area contributed by atoms with Crippen molar-refractivity contribution >= 4 is 17.4 Å². The van der Waals surface area contributed by atoms with E-state index in [9.17, 15) is 14.7 Å². The van der Waals surface area contributed by atoms with Crippen LogP contribution in [0.1, 0.15) is 33.4 Å². The zero-order valence-electron chi connectivity index (χ0n) is 14.6. The number of carbonyl (C=O) groups excluding carboxylic acids is 2. The van der Waals surface area contributed by atoms with Gasteiger partial charge in [-0.1, -0.05) is 36.4 Å². The molecule has 0 atom stereocenters. The number of amides is 1. The molecule has 0 unspecified atom stereocenters. The van der Waals surface area contributed by atoms with Crippen LogP contribution in [0.3, 0.4) is 0 Å². The lowest BCUT2D eigenvalue weighted by atomic mass is 10.1. The second-order valence-corrected chi connectivity index (χ2v) is 5.99. The van der Waals surface area contributed by atoms with Crippen LogP contribution in [0.25, 0.3) is 11.3 Å². The van der Waals surface area contributed by atoms with Crippen LogP contribution in [0.15, 0.2) is 65.1 Å². The summed E-state index contributed by atoms with van der Waals surface area (Å²) >= 11 is 0. The summed E-state index contributed by atoms with van der Waals surface area (Å²) in [5.74, 6) is 0.485. The summed E-state index contributed by atoms with van der Waals surface area (Å²) in [6.45, 7) is 1.43. The van der Waals surface area contributed by atoms with Gasteiger partial charge in [-0.15, -0.1) is 0 Å². The number of hydrogen-bond acceptors (Lipinski definition) is 4. The summed E-state index contributed by atoms with van der Waals surface area (Å²) in [5.41, 5.74) is 2.82. The van der Waals surface area contributed by atoms with Gasteiger partial charge in [0.2, 0.25) is 0 Å². The van der Waals surface area contributed by atoms with E-state index in [1.807, 2.05) is 0 Å². The van der Waals surface area contributed by atoms with Crippen molar-refractivity contribution in [3.8, 4) is 11.3 Å². The molecule has 2 aromatic carbocycles. The molecule has 0 spiro atoms. The first-order valence-electron chi connectivity index (χ1n) is 8.18. The number of anilines is 1. The minimum atomic E-state index is -0.285. The molecule has 1 aromatic heterocycles. The minimum Gasteiger partial charge on any atom is -0.451 e. The molecule has 5 heteroatoms. The lowest BCUT2D eigenvalue weighted by Gasteiger charge is -2.16. The van der Waals surface area contributed by atoms with Crippen LogP contribution in [0.2, 0.25) is 0 Å². The Balaban J connectivity index is 1.82. The third kappa shape index (κ3) is 3.58. The van der Waals surface area contributed by atoms with Gasteiger partial charge in [0, 0.05) is 23.9 Å². The summed E-state index contributed by atoms with van der Waals surface area (Å²) in [5, 5.41) is 9.24. The molecule has 0 radical (unpaired) electrons. The summed E-state index contributed by atoms with van der Waals surface area (Å²) in [6.07, 6.45) is 0. The molecule has 0 fully saturated rings. The molecule has 0 aliphatic carbocycles. The molecule has 0 saturated carbocycles. The molecular weight excluding hydrogens is 330 g/mol. The first-order chi connectivity index (χ1) is 12.5. The lowest BCUT2D eigenvalue weighted by Crippen LogP contribution is -2.25. The van der Waals surface area contributed by atoms with Gasteiger partial charge in [0.05, 0.1) is 6.61 Å². The van der Waals surface area contributed by atoms with Gasteiger partial charge in [0.15, 0.2) is 11.5 Å². The van der Waals surface area contributed by atoms with Gasteiger partial charge < -0.3 is 14.4 Å². The minimum absolute atomic E-state index is 0.00130. The first kappa shape index (κ1) is 17.6. The number of carbonyl (C=O) groups is 2. The number of hydrogen-bond donors (Lipinski definition) is 1. The third-order valence-corrected chi connectivity index (χ3v) is 4.18. The highest BCUT2D eigenvalue weighted by Crippen LogP contribution is 2.25. The molecule has 26 heavy (non-hydrogen) atoms. The van der Waals surface area contributed by atoms with Crippen molar-refractivity contribution < 1.29 is 19.1 Å². The molecule has 0 aliphatic heterocycles.